The van der Waals surface area contributed by atoms with Gasteiger partial charge in [0.15, 0.2) is 5.82 Å². The molecule has 0 atom stereocenters. The van der Waals surface area contributed by atoms with Gasteiger partial charge in [0.1, 0.15) is 11.4 Å². The Morgan fingerprint density at radius 3 is 2.79 bits per heavy atom. The van der Waals surface area contributed by atoms with Crippen LogP contribution in [0.15, 0.2) is 24.3 Å². The first-order valence-electron chi connectivity index (χ1n) is 7.69. The smallest absolute Gasteiger partial charge is 0.352 e. The molecule has 1 aliphatic carbocycles. The van der Waals surface area contributed by atoms with Crippen molar-refractivity contribution in [3.8, 4) is 11.4 Å². The van der Waals surface area contributed by atoms with E-state index >= 15 is 0 Å². The summed E-state index contributed by atoms with van der Waals surface area (Å²) in [6.07, 6.45) is 0.373. The average Bonchev–Trinajstić information content (AvgIpc) is 2.97. The normalized spacial score (nSPS) is 16.5. The van der Waals surface area contributed by atoms with Crippen LogP contribution in [0.25, 0.3) is 11.4 Å². The fourth-order valence-electron chi connectivity index (χ4n) is 2.62. The van der Waals surface area contributed by atoms with Gasteiger partial charge in [-0.3, -0.25) is 9.89 Å². The number of H-pyrrole nitrogens is 1. The number of aryl methyl sites for hydroxylation is 1. The van der Waals surface area contributed by atoms with E-state index in [1.807, 2.05) is 0 Å². The second-order valence-corrected chi connectivity index (χ2v) is 6.09. The van der Waals surface area contributed by atoms with Crippen molar-refractivity contribution in [2.75, 3.05) is 0 Å². The molecule has 2 aromatic rings. The lowest BCUT2D eigenvalue weighted by Gasteiger charge is -2.41. The minimum Gasteiger partial charge on any atom is -0.383 e. The minimum absolute atomic E-state index is 0.0624. The highest BCUT2D eigenvalue weighted by Crippen LogP contribution is 2.44. The van der Waals surface area contributed by atoms with Crippen LogP contribution in [0, 0.1) is 6.92 Å². The Kier molecular flexibility index (Phi) is 4.08. The number of benzene rings is 1. The van der Waals surface area contributed by atoms with Gasteiger partial charge in [0.25, 0.3) is 5.91 Å². The number of aromatic nitrogens is 3. The molecule has 3 rings (SSSR count). The number of aromatic amines is 1. The summed E-state index contributed by atoms with van der Waals surface area (Å²) in [5.41, 5.74) is -0.856. The fraction of sp³-hybridized carbons (Fsp3) is 0.438. The van der Waals surface area contributed by atoms with E-state index in [4.69, 9.17) is 0 Å². The van der Waals surface area contributed by atoms with Crippen molar-refractivity contribution in [2.24, 2.45) is 0 Å². The van der Waals surface area contributed by atoms with Crippen molar-refractivity contribution in [3.63, 3.8) is 0 Å². The summed E-state index contributed by atoms with van der Waals surface area (Å²) in [5.74, 6) is -4.08. The molecule has 1 aromatic heterocycles. The van der Waals surface area contributed by atoms with Crippen LogP contribution < -0.4 is 5.32 Å². The largest absolute Gasteiger partial charge is 0.383 e. The van der Waals surface area contributed by atoms with Crippen LogP contribution in [0.2, 0.25) is 0 Å². The summed E-state index contributed by atoms with van der Waals surface area (Å²) in [6, 6.07) is 6.96. The second kappa shape index (κ2) is 5.94. The van der Waals surface area contributed by atoms with Crippen LogP contribution in [0.5, 0.6) is 0 Å². The number of rotatable bonds is 5. The number of carbonyl (C=O) groups is 1. The van der Waals surface area contributed by atoms with Gasteiger partial charge in [0.05, 0.1) is 0 Å². The SMILES string of the molecule is Cc1nc(-c2cccc(CNC(=O)C(F)(F)C3(O)CCC3)c2)n[nH]1. The Hall–Kier alpha value is -2.35. The first kappa shape index (κ1) is 16.5. The molecule has 128 valence electrons. The monoisotopic (exact) mass is 336 g/mol. The number of alkyl halides is 2. The molecule has 1 saturated carbocycles. The third kappa shape index (κ3) is 2.89. The maximum Gasteiger partial charge on any atom is 0.352 e. The molecule has 3 N–H and O–H groups in total. The number of hydrogen-bond donors (Lipinski definition) is 3. The third-order valence-corrected chi connectivity index (χ3v) is 4.29. The molecule has 1 heterocycles. The van der Waals surface area contributed by atoms with Gasteiger partial charge in [0, 0.05) is 12.1 Å². The second-order valence-electron chi connectivity index (χ2n) is 6.09. The maximum atomic E-state index is 14.0. The molecule has 24 heavy (non-hydrogen) atoms. The van der Waals surface area contributed by atoms with E-state index in [1.165, 1.54) is 0 Å². The first-order chi connectivity index (χ1) is 11.3. The third-order valence-electron chi connectivity index (χ3n) is 4.29. The van der Waals surface area contributed by atoms with Gasteiger partial charge in [-0.2, -0.15) is 13.9 Å². The molecule has 0 aliphatic heterocycles. The van der Waals surface area contributed by atoms with Gasteiger partial charge < -0.3 is 10.4 Å². The number of aliphatic hydroxyl groups is 1. The molecular weight excluding hydrogens is 318 g/mol. The van der Waals surface area contributed by atoms with E-state index < -0.39 is 17.4 Å². The fourth-order valence-corrected chi connectivity index (χ4v) is 2.62. The van der Waals surface area contributed by atoms with Crippen LogP contribution in [0.4, 0.5) is 8.78 Å². The molecule has 1 aliphatic rings. The van der Waals surface area contributed by atoms with Gasteiger partial charge >= 0.3 is 5.92 Å². The summed E-state index contributed by atoms with van der Waals surface area (Å²) >= 11 is 0. The van der Waals surface area contributed by atoms with Crippen LogP contribution in [0.3, 0.4) is 0 Å². The number of hydrogen-bond acceptors (Lipinski definition) is 4. The summed E-state index contributed by atoms with van der Waals surface area (Å²) in [7, 11) is 0. The Labute approximate surface area is 137 Å². The lowest BCUT2D eigenvalue weighted by atomic mass is 9.75. The van der Waals surface area contributed by atoms with E-state index in [1.54, 1.807) is 31.2 Å². The van der Waals surface area contributed by atoms with Crippen LogP contribution in [-0.4, -0.2) is 37.7 Å². The zero-order valence-corrected chi connectivity index (χ0v) is 13.1. The van der Waals surface area contributed by atoms with E-state index in [0.717, 1.165) is 5.56 Å². The highest BCUT2D eigenvalue weighted by atomic mass is 19.3. The van der Waals surface area contributed by atoms with Crippen molar-refractivity contribution >= 4 is 5.91 Å². The molecule has 1 fully saturated rings. The Bertz CT molecular complexity index is 756. The Morgan fingerprint density at radius 1 is 1.46 bits per heavy atom. The van der Waals surface area contributed by atoms with Gasteiger partial charge in [-0.15, -0.1) is 0 Å². The van der Waals surface area contributed by atoms with Crippen molar-refractivity contribution < 1.29 is 18.7 Å². The Balaban J connectivity index is 1.67. The van der Waals surface area contributed by atoms with Gasteiger partial charge in [0.2, 0.25) is 0 Å². The summed E-state index contributed by atoms with van der Waals surface area (Å²) < 4.78 is 28.0. The van der Waals surface area contributed by atoms with Crippen LogP contribution in [-0.2, 0) is 11.3 Å². The zero-order valence-electron chi connectivity index (χ0n) is 13.1. The van der Waals surface area contributed by atoms with Gasteiger partial charge in [-0.1, -0.05) is 18.2 Å². The van der Waals surface area contributed by atoms with E-state index in [-0.39, 0.29) is 19.4 Å². The number of carbonyl (C=O) groups excluding carboxylic acids is 1. The number of nitrogens with one attached hydrogen (secondary N) is 2. The number of nitrogens with zero attached hydrogens (tertiary/aromatic N) is 2. The lowest BCUT2D eigenvalue weighted by Crippen LogP contribution is -2.60. The van der Waals surface area contributed by atoms with Crippen LogP contribution >= 0.6 is 0 Å². The molecule has 1 amide bonds. The van der Waals surface area contributed by atoms with E-state index in [2.05, 4.69) is 20.5 Å². The topological polar surface area (TPSA) is 90.9 Å². The number of amides is 1. The van der Waals surface area contributed by atoms with Crippen molar-refractivity contribution in [1.29, 1.82) is 0 Å². The highest BCUT2D eigenvalue weighted by molar-refractivity contribution is 5.85. The van der Waals surface area contributed by atoms with Gasteiger partial charge in [-0.25, -0.2) is 4.98 Å². The molecule has 0 bridgehead atoms. The molecule has 0 unspecified atom stereocenters. The highest BCUT2D eigenvalue weighted by Gasteiger charge is 2.61. The minimum atomic E-state index is -3.79. The standard InChI is InChI=1S/C16H18F2N4O2/c1-10-20-13(22-21-10)12-5-2-4-11(8-12)9-19-14(23)16(17,18)15(24)6-3-7-15/h2,4-5,8,24H,3,6-7,9H2,1H3,(H,19,23)(H,20,21,22). The molecule has 8 heteroatoms. The summed E-state index contributed by atoms with van der Waals surface area (Å²) in [4.78, 5) is 16.0. The summed E-state index contributed by atoms with van der Waals surface area (Å²) in [5, 5.41) is 18.7. The quantitative estimate of drug-likeness (QED) is 0.778. The average molecular weight is 336 g/mol. The predicted octanol–water partition coefficient (Wildman–Crippen LogP) is 1.95. The lowest BCUT2D eigenvalue weighted by molar-refractivity contribution is -0.216. The molecule has 0 radical (unpaired) electrons. The van der Waals surface area contributed by atoms with Gasteiger partial charge in [-0.05, 0) is 37.8 Å². The molecule has 6 nitrogen and oxygen atoms in total. The van der Waals surface area contributed by atoms with Crippen molar-refractivity contribution in [3.05, 3.63) is 35.7 Å². The van der Waals surface area contributed by atoms with Crippen molar-refractivity contribution in [2.45, 2.75) is 44.3 Å². The van der Waals surface area contributed by atoms with E-state index in [9.17, 15) is 18.7 Å². The zero-order chi connectivity index (χ0) is 17.4. The maximum absolute atomic E-state index is 14.0. The molecule has 1 aromatic carbocycles. The first-order valence-corrected chi connectivity index (χ1v) is 7.69. The predicted molar refractivity (Wildman–Crippen MR) is 82.2 cm³/mol. The summed E-state index contributed by atoms with van der Waals surface area (Å²) in [6.45, 7) is 1.70. The molecule has 0 spiro atoms. The number of halogens is 2. The molecular formula is C16H18F2N4O2. The Morgan fingerprint density at radius 2 is 2.21 bits per heavy atom. The van der Waals surface area contributed by atoms with E-state index in [0.29, 0.717) is 23.6 Å². The molecule has 0 saturated heterocycles. The van der Waals surface area contributed by atoms with Crippen molar-refractivity contribution in [1.82, 2.24) is 20.5 Å². The van der Waals surface area contributed by atoms with Crippen LogP contribution in [0.1, 0.15) is 30.7 Å².